The van der Waals surface area contributed by atoms with Gasteiger partial charge in [0.25, 0.3) is 5.88 Å². The Hall–Kier alpha value is -2.34. The van der Waals surface area contributed by atoms with Crippen LogP contribution in [-0.4, -0.2) is 42.6 Å². The molecular formula is C16H21N5O. The first-order chi connectivity index (χ1) is 10.6. The Morgan fingerprint density at radius 1 is 1.36 bits per heavy atom. The molecule has 22 heavy (non-hydrogen) atoms. The summed E-state index contributed by atoms with van der Waals surface area (Å²) in [5.41, 5.74) is 11.4. The number of nitrogens with zero attached hydrogens (tertiary/aromatic N) is 3. The standard InChI is InChI=1S/C16H21N5O/c1-18-13-7-10(6-11-9-21(2)5-4-12(11)13)14-8-19-15(17)16(20-14)22-3/h6-8,18H,4-5,9H2,1-3H3,(H2,17,19). The van der Waals surface area contributed by atoms with Crippen molar-refractivity contribution < 1.29 is 4.74 Å². The first-order valence-electron chi connectivity index (χ1n) is 7.31. The number of nitrogen functional groups attached to an aromatic ring is 1. The van der Waals surface area contributed by atoms with Gasteiger partial charge in [-0.25, -0.2) is 9.97 Å². The van der Waals surface area contributed by atoms with Crippen LogP contribution in [0.3, 0.4) is 0 Å². The van der Waals surface area contributed by atoms with Crippen molar-refractivity contribution in [3.8, 4) is 17.1 Å². The van der Waals surface area contributed by atoms with Crippen molar-refractivity contribution in [1.82, 2.24) is 14.9 Å². The predicted octanol–water partition coefficient (Wildman–Crippen LogP) is 1.76. The molecule has 6 heteroatoms. The van der Waals surface area contributed by atoms with Gasteiger partial charge in [0.05, 0.1) is 19.0 Å². The van der Waals surface area contributed by atoms with Crippen LogP contribution in [0.25, 0.3) is 11.3 Å². The smallest absolute Gasteiger partial charge is 0.257 e. The van der Waals surface area contributed by atoms with E-state index in [2.05, 4.69) is 39.4 Å². The number of ether oxygens (including phenoxy) is 1. The molecule has 0 fully saturated rings. The molecule has 0 bridgehead atoms. The second kappa shape index (κ2) is 5.81. The molecule has 3 rings (SSSR count). The first-order valence-corrected chi connectivity index (χ1v) is 7.31. The molecule has 1 aliphatic heterocycles. The van der Waals surface area contributed by atoms with Crippen molar-refractivity contribution in [2.24, 2.45) is 0 Å². The van der Waals surface area contributed by atoms with Gasteiger partial charge >= 0.3 is 0 Å². The summed E-state index contributed by atoms with van der Waals surface area (Å²) in [6.07, 6.45) is 2.74. The maximum atomic E-state index is 5.75. The Labute approximate surface area is 130 Å². The highest BCUT2D eigenvalue weighted by molar-refractivity contribution is 5.70. The number of hydrogen-bond donors (Lipinski definition) is 2. The third-order valence-corrected chi connectivity index (χ3v) is 4.05. The zero-order chi connectivity index (χ0) is 15.7. The molecule has 3 N–H and O–H groups in total. The minimum absolute atomic E-state index is 0.304. The Morgan fingerprint density at radius 2 is 2.18 bits per heavy atom. The third kappa shape index (κ3) is 2.57. The van der Waals surface area contributed by atoms with Gasteiger partial charge in [-0.15, -0.1) is 0 Å². The fraction of sp³-hybridized carbons (Fsp3) is 0.375. The molecule has 0 spiro atoms. The molecule has 0 amide bonds. The van der Waals surface area contributed by atoms with Crippen LogP contribution in [0.5, 0.6) is 5.88 Å². The normalized spacial score (nSPS) is 14.5. The molecule has 1 aliphatic rings. The Bertz CT molecular complexity index is 701. The van der Waals surface area contributed by atoms with E-state index in [0.717, 1.165) is 36.5 Å². The predicted molar refractivity (Wildman–Crippen MR) is 88.0 cm³/mol. The molecule has 0 saturated heterocycles. The highest BCUT2D eigenvalue weighted by Gasteiger charge is 2.18. The Balaban J connectivity index is 2.09. The van der Waals surface area contributed by atoms with Crippen molar-refractivity contribution in [2.45, 2.75) is 13.0 Å². The quantitative estimate of drug-likeness (QED) is 0.899. The second-order valence-electron chi connectivity index (χ2n) is 5.55. The lowest BCUT2D eigenvalue weighted by Gasteiger charge is -2.27. The van der Waals surface area contributed by atoms with Crippen LogP contribution in [0.15, 0.2) is 18.3 Å². The number of aromatic nitrogens is 2. The minimum Gasteiger partial charge on any atom is -0.478 e. The highest BCUT2D eigenvalue weighted by atomic mass is 16.5. The van der Waals surface area contributed by atoms with Crippen molar-refractivity contribution in [3.05, 3.63) is 29.5 Å². The van der Waals surface area contributed by atoms with E-state index in [1.165, 1.54) is 11.1 Å². The maximum Gasteiger partial charge on any atom is 0.257 e. The lowest BCUT2D eigenvalue weighted by Crippen LogP contribution is -2.27. The van der Waals surface area contributed by atoms with Gasteiger partial charge in [-0.1, -0.05) is 0 Å². The summed E-state index contributed by atoms with van der Waals surface area (Å²) in [4.78, 5) is 10.9. The first kappa shape index (κ1) is 14.6. The number of nitrogens with one attached hydrogen (secondary N) is 1. The van der Waals surface area contributed by atoms with Crippen LogP contribution >= 0.6 is 0 Å². The molecule has 2 aromatic rings. The summed E-state index contributed by atoms with van der Waals surface area (Å²) in [5, 5.41) is 3.30. The van der Waals surface area contributed by atoms with Crippen molar-refractivity contribution in [1.29, 1.82) is 0 Å². The van der Waals surface area contributed by atoms with E-state index >= 15 is 0 Å². The van der Waals surface area contributed by atoms with E-state index in [4.69, 9.17) is 10.5 Å². The molecule has 1 aromatic carbocycles. The Kier molecular flexibility index (Phi) is 3.85. The van der Waals surface area contributed by atoms with Gasteiger partial charge in [0, 0.05) is 31.4 Å². The van der Waals surface area contributed by atoms with Gasteiger partial charge in [-0.05, 0) is 36.7 Å². The summed E-state index contributed by atoms with van der Waals surface area (Å²) in [6, 6.07) is 4.30. The average molecular weight is 299 g/mol. The lowest BCUT2D eigenvalue weighted by atomic mass is 9.94. The number of hydrogen-bond acceptors (Lipinski definition) is 6. The van der Waals surface area contributed by atoms with E-state index in [-0.39, 0.29) is 0 Å². The fourth-order valence-corrected chi connectivity index (χ4v) is 2.88. The molecule has 6 nitrogen and oxygen atoms in total. The number of fused-ring (bicyclic) bond motifs is 1. The Morgan fingerprint density at radius 3 is 2.91 bits per heavy atom. The minimum atomic E-state index is 0.304. The lowest BCUT2D eigenvalue weighted by molar-refractivity contribution is 0.313. The van der Waals surface area contributed by atoms with E-state index in [1.54, 1.807) is 13.3 Å². The summed E-state index contributed by atoms with van der Waals surface area (Å²) in [7, 11) is 5.64. The van der Waals surface area contributed by atoms with Gasteiger partial charge < -0.3 is 20.7 Å². The second-order valence-corrected chi connectivity index (χ2v) is 5.55. The summed E-state index contributed by atoms with van der Waals surface area (Å²) < 4.78 is 5.17. The molecule has 0 atom stereocenters. The molecule has 116 valence electrons. The van der Waals surface area contributed by atoms with Crippen molar-refractivity contribution >= 4 is 11.5 Å². The zero-order valence-electron chi connectivity index (χ0n) is 13.2. The molecule has 0 radical (unpaired) electrons. The van der Waals surface area contributed by atoms with Crippen LogP contribution in [0.1, 0.15) is 11.1 Å². The van der Waals surface area contributed by atoms with E-state index in [0.29, 0.717) is 11.7 Å². The topological polar surface area (TPSA) is 76.3 Å². The molecule has 0 unspecified atom stereocenters. The SMILES string of the molecule is CNc1cc(-c2cnc(N)c(OC)n2)cc2c1CCN(C)C2. The van der Waals surface area contributed by atoms with Crippen LogP contribution in [0.4, 0.5) is 11.5 Å². The molecule has 2 heterocycles. The average Bonchev–Trinajstić information content (AvgIpc) is 2.53. The summed E-state index contributed by atoms with van der Waals surface area (Å²) >= 11 is 0. The van der Waals surface area contributed by atoms with Crippen LogP contribution in [0.2, 0.25) is 0 Å². The van der Waals surface area contributed by atoms with Crippen molar-refractivity contribution in [2.75, 3.05) is 38.8 Å². The van der Waals surface area contributed by atoms with Gasteiger partial charge in [0.15, 0.2) is 5.82 Å². The van der Waals surface area contributed by atoms with Gasteiger partial charge in [-0.3, -0.25) is 0 Å². The number of anilines is 2. The number of benzene rings is 1. The zero-order valence-corrected chi connectivity index (χ0v) is 13.2. The van der Waals surface area contributed by atoms with E-state index in [9.17, 15) is 0 Å². The number of rotatable bonds is 3. The molecule has 0 saturated carbocycles. The van der Waals surface area contributed by atoms with Crippen LogP contribution in [-0.2, 0) is 13.0 Å². The maximum absolute atomic E-state index is 5.75. The number of likely N-dealkylation sites (N-methyl/N-ethyl adjacent to an activating group) is 1. The third-order valence-electron chi connectivity index (χ3n) is 4.05. The number of methoxy groups -OCH3 is 1. The fourth-order valence-electron chi connectivity index (χ4n) is 2.88. The highest BCUT2D eigenvalue weighted by Crippen LogP contribution is 2.32. The van der Waals surface area contributed by atoms with E-state index < -0.39 is 0 Å². The molecular weight excluding hydrogens is 278 g/mol. The molecule has 1 aromatic heterocycles. The van der Waals surface area contributed by atoms with Gasteiger partial charge in [0.2, 0.25) is 0 Å². The van der Waals surface area contributed by atoms with E-state index in [1.807, 2.05) is 7.05 Å². The molecule has 0 aliphatic carbocycles. The number of nitrogens with two attached hydrogens (primary N) is 1. The van der Waals surface area contributed by atoms with Gasteiger partial charge in [-0.2, -0.15) is 0 Å². The summed E-state index contributed by atoms with van der Waals surface area (Å²) in [5.74, 6) is 0.663. The largest absolute Gasteiger partial charge is 0.478 e. The van der Waals surface area contributed by atoms with Gasteiger partial charge in [0.1, 0.15) is 0 Å². The van der Waals surface area contributed by atoms with Crippen molar-refractivity contribution in [3.63, 3.8) is 0 Å². The van der Waals surface area contributed by atoms with Crippen LogP contribution in [0, 0.1) is 0 Å². The monoisotopic (exact) mass is 299 g/mol. The summed E-state index contributed by atoms with van der Waals surface area (Å²) in [6.45, 7) is 2.02. The van der Waals surface area contributed by atoms with Crippen LogP contribution < -0.4 is 15.8 Å².